The van der Waals surface area contributed by atoms with Crippen LogP contribution in [0.15, 0.2) is 18.3 Å². The van der Waals surface area contributed by atoms with Gasteiger partial charge in [0.1, 0.15) is 0 Å². The third-order valence-corrected chi connectivity index (χ3v) is 1.65. The first-order valence-electron chi connectivity index (χ1n) is 3.95. The molecule has 0 saturated heterocycles. The molecule has 0 aromatic carbocycles. The van der Waals surface area contributed by atoms with Gasteiger partial charge in [0.05, 0.1) is 6.54 Å². The lowest BCUT2D eigenvalue weighted by Gasteiger charge is -2.13. The summed E-state index contributed by atoms with van der Waals surface area (Å²) in [6.07, 6.45) is 6.29. The third kappa shape index (κ3) is 2.30. The fourth-order valence-electron chi connectivity index (χ4n) is 0.965. The van der Waals surface area contributed by atoms with Crippen molar-refractivity contribution in [3.63, 3.8) is 0 Å². The van der Waals surface area contributed by atoms with Crippen LogP contribution < -0.4 is 0 Å². The zero-order valence-electron chi connectivity index (χ0n) is 7.70. The van der Waals surface area contributed by atoms with Crippen molar-refractivity contribution in [3.05, 3.63) is 29.8 Å². The van der Waals surface area contributed by atoms with Crippen LogP contribution >= 0.6 is 0 Å². The van der Waals surface area contributed by atoms with Gasteiger partial charge in [0, 0.05) is 24.9 Å². The van der Waals surface area contributed by atoms with E-state index in [9.17, 15) is 9.18 Å². The number of amides is 1. The molecule has 1 aromatic rings. The molecule has 0 aliphatic rings. The average Bonchev–Trinajstić information content (AvgIpc) is 2.17. The van der Waals surface area contributed by atoms with Crippen molar-refractivity contribution >= 4 is 5.91 Å². The molecule has 1 amide bonds. The van der Waals surface area contributed by atoms with E-state index in [1.54, 1.807) is 7.05 Å². The molecule has 1 rings (SSSR count). The minimum absolute atomic E-state index is 0.197. The second-order valence-electron chi connectivity index (χ2n) is 2.73. The Labute approximate surface area is 81.6 Å². The van der Waals surface area contributed by atoms with E-state index in [0.717, 1.165) is 6.07 Å². The molecular weight excluding hydrogens is 183 g/mol. The molecule has 3 nitrogen and oxygen atoms in total. The number of pyridine rings is 1. The molecule has 14 heavy (non-hydrogen) atoms. The number of aromatic nitrogens is 1. The summed E-state index contributed by atoms with van der Waals surface area (Å²) in [5.74, 6) is 1.34. The van der Waals surface area contributed by atoms with E-state index < -0.39 is 5.95 Å². The lowest BCUT2D eigenvalue weighted by Crippen LogP contribution is -2.27. The molecule has 0 bridgehead atoms. The second-order valence-corrected chi connectivity index (χ2v) is 2.73. The van der Waals surface area contributed by atoms with Crippen LogP contribution in [0, 0.1) is 18.3 Å². The Hall–Kier alpha value is -1.89. The molecule has 72 valence electrons. The molecule has 0 fully saturated rings. The van der Waals surface area contributed by atoms with Crippen molar-refractivity contribution < 1.29 is 9.18 Å². The standard InChI is InChI=1S/C10H9FN2O/c1-3-6-13(2)10(14)8-4-5-12-9(11)7-8/h1,4-5,7H,6H2,2H3. The van der Waals surface area contributed by atoms with Gasteiger partial charge in [-0.3, -0.25) is 4.79 Å². The minimum Gasteiger partial charge on any atom is -0.331 e. The third-order valence-electron chi connectivity index (χ3n) is 1.65. The Morgan fingerprint density at radius 3 is 3.07 bits per heavy atom. The fourth-order valence-corrected chi connectivity index (χ4v) is 0.965. The molecule has 0 aliphatic carbocycles. The van der Waals surface area contributed by atoms with E-state index in [1.165, 1.54) is 17.2 Å². The van der Waals surface area contributed by atoms with Crippen LogP contribution in [0.4, 0.5) is 4.39 Å². The minimum atomic E-state index is -0.676. The van der Waals surface area contributed by atoms with Crippen molar-refractivity contribution in [2.24, 2.45) is 0 Å². The Bertz CT molecular complexity index is 384. The monoisotopic (exact) mass is 192 g/mol. The molecule has 0 unspecified atom stereocenters. The van der Waals surface area contributed by atoms with Crippen molar-refractivity contribution in [3.8, 4) is 12.3 Å². The van der Waals surface area contributed by atoms with E-state index in [1.807, 2.05) is 0 Å². The maximum Gasteiger partial charge on any atom is 0.254 e. The number of nitrogens with zero attached hydrogens (tertiary/aromatic N) is 2. The summed E-state index contributed by atoms with van der Waals surface area (Å²) in [7, 11) is 1.56. The van der Waals surface area contributed by atoms with Crippen LogP contribution in [0.2, 0.25) is 0 Å². The fraction of sp³-hybridized carbons (Fsp3) is 0.200. The van der Waals surface area contributed by atoms with Gasteiger partial charge in [0.15, 0.2) is 0 Å². The predicted molar refractivity (Wildman–Crippen MR) is 50.0 cm³/mol. The summed E-state index contributed by atoms with van der Waals surface area (Å²) in [5, 5.41) is 0. The van der Waals surface area contributed by atoms with Gasteiger partial charge in [-0.2, -0.15) is 4.39 Å². The van der Waals surface area contributed by atoms with E-state index >= 15 is 0 Å². The quantitative estimate of drug-likeness (QED) is 0.515. The van der Waals surface area contributed by atoms with E-state index in [4.69, 9.17) is 6.42 Å². The highest BCUT2D eigenvalue weighted by Crippen LogP contribution is 2.03. The summed E-state index contributed by atoms with van der Waals surface area (Å²) < 4.78 is 12.7. The van der Waals surface area contributed by atoms with Gasteiger partial charge in [-0.05, 0) is 6.07 Å². The van der Waals surface area contributed by atoms with Gasteiger partial charge in [-0.15, -0.1) is 6.42 Å². The molecule has 0 aliphatic heterocycles. The first-order valence-corrected chi connectivity index (χ1v) is 3.95. The number of halogens is 1. The van der Waals surface area contributed by atoms with Crippen molar-refractivity contribution in [1.29, 1.82) is 0 Å². The number of carbonyl (C=O) groups excluding carboxylic acids is 1. The predicted octanol–water partition coefficient (Wildman–Crippen LogP) is 0.926. The van der Waals surface area contributed by atoms with Gasteiger partial charge in [0.2, 0.25) is 5.95 Å². The van der Waals surface area contributed by atoms with Gasteiger partial charge in [0.25, 0.3) is 5.91 Å². The van der Waals surface area contributed by atoms with E-state index in [2.05, 4.69) is 10.9 Å². The highest BCUT2D eigenvalue weighted by Gasteiger charge is 2.10. The van der Waals surface area contributed by atoms with Crippen molar-refractivity contribution in [1.82, 2.24) is 9.88 Å². The first-order chi connectivity index (χ1) is 6.65. The van der Waals surface area contributed by atoms with Gasteiger partial charge >= 0.3 is 0 Å². The highest BCUT2D eigenvalue weighted by molar-refractivity contribution is 5.94. The summed E-state index contributed by atoms with van der Waals surface area (Å²) in [6, 6.07) is 2.52. The number of rotatable bonds is 2. The molecule has 1 heterocycles. The Balaban J connectivity index is 2.85. The molecule has 0 radical (unpaired) electrons. The van der Waals surface area contributed by atoms with Crippen LogP contribution in [0.3, 0.4) is 0 Å². The van der Waals surface area contributed by atoms with Crippen LogP contribution in [0.1, 0.15) is 10.4 Å². The highest BCUT2D eigenvalue weighted by atomic mass is 19.1. The molecule has 0 N–H and O–H groups in total. The molecule has 4 heteroatoms. The normalized spacial score (nSPS) is 9.21. The van der Waals surface area contributed by atoms with Crippen LogP contribution in [0.5, 0.6) is 0 Å². The molecule has 0 atom stereocenters. The second kappa shape index (κ2) is 4.38. The number of terminal acetylenes is 1. The van der Waals surface area contributed by atoms with E-state index in [-0.39, 0.29) is 18.0 Å². The SMILES string of the molecule is C#CCN(C)C(=O)c1ccnc(F)c1. The summed E-state index contributed by atoms with van der Waals surface area (Å²) in [5.41, 5.74) is 0.246. The van der Waals surface area contributed by atoms with Crippen molar-refractivity contribution in [2.75, 3.05) is 13.6 Å². The zero-order chi connectivity index (χ0) is 10.6. The van der Waals surface area contributed by atoms with Crippen LogP contribution in [-0.4, -0.2) is 29.4 Å². The smallest absolute Gasteiger partial charge is 0.254 e. The number of hydrogen-bond donors (Lipinski definition) is 0. The number of carbonyl (C=O) groups is 1. The first kappa shape index (κ1) is 10.2. The van der Waals surface area contributed by atoms with Crippen molar-refractivity contribution in [2.45, 2.75) is 0 Å². The molecular formula is C10H9FN2O. The Morgan fingerprint density at radius 1 is 1.79 bits per heavy atom. The molecule has 1 aromatic heterocycles. The number of hydrogen-bond acceptors (Lipinski definition) is 2. The summed E-state index contributed by atoms with van der Waals surface area (Å²) >= 11 is 0. The largest absolute Gasteiger partial charge is 0.331 e. The van der Waals surface area contributed by atoms with Gasteiger partial charge in [-0.1, -0.05) is 5.92 Å². The van der Waals surface area contributed by atoms with Crippen LogP contribution in [-0.2, 0) is 0 Å². The van der Waals surface area contributed by atoms with E-state index in [0.29, 0.717) is 0 Å². The molecule has 0 spiro atoms. The summed E-state index contributed by atoms with van der Waals surface area (Å²) in [4.78, 5) is 16.2. The maximum atomic E-state index is 12.7. The Kier molecular flexibility index (Phi) is 3.19. The lowest BCUT2D eigenvalue weighted by atomic mass is 10.2. The zero-order valence-corrected chi connectivity index (χ0v) is 7.70. The maximum absolute atomic E-state index is 12.7. The van der Waals surface area contributed by atoms with Crippen LogP contribution in [0.25, 0.3) is 0 Å². The summed E-state index contributed by atoms with van der Waals surface area (Å²) in [6.45, 7) is 0.197. The lowest BCUT2D eigenvalue weighted by molar-refractivity contribution is 0.0812. The molecule has 0 saturated carbocycles. The van der Waals surface area contributed by atoms with Gasteiger partial charge in [-0.25, -0.2) is 4.98 Å². The topological polar surface area (TPSA) is 33.2 Å². The van der Waals surface area contributed by atoms with Gasteiger partial charge < -0.3 is 4.90 Å². The Morgan fingerprint density at radius 2 is 2.50 bits per heavy atom. The average molecular weight is 192 g/mol.